The SMILES string of the molecule is COCCOc1cc2nc(NCCCCCC(=O)c3ccccc3)c3nnc(C)n3c2cc1OCCOC. The third-order valence-electron chi connectivity index (χ3n) is 6.11. The van der Waals surface area contributed by atoms with Crippen LogP contribution >= 0.6 is 0 Å². The van der Waals surface area contributed by atoms with Gasteiger partial charge >= 0.3 is 0 Å². The average molecular weight is 522 g/mol. The van der Waals surface area contributed by atoms with Crippen molar-refractivity contribution in [3.8, 4) is 11.5 Å². The summed E-state index contributed by atoms with van der Waals surface area (Å²) in [6, 6.07) is 13.2. The van der Waals surface area contributed by atoms with Crippen LogP contribution in [0.5, 0.6) is 11.5 Å². The molecule has 2 aromatic carbocycles. The molecule has 4 aromatic rings. The van der Waals surface area contributed by atoms with Gasteiger partial charge in [0.25, 0.3) is 0 Å². The van der Waals surface area contributed by atoms with Crippen LogP contribution in [-0.2, 0) is 9.47 Å². The molecule has 2 aromatic heterocycles. The van der Waals surface area contributed by atoms with Crippen molar-refractivity contribution in [1.29, 1.82) is 0 Å². The molecule has 0 bridgehead atoms. The highest BCUT2D eigenvalue weighted by molar-refractivity contribution is 5.95. The largest absolute Gasteiger partial charge is 0.487 e. The zero-order valence-corrected chi connectivity index (χ0v) is 22.2. The first kappa shape index (κ1) is 27.3. The van der Waals surface area contributed by atoms with Crippen molar-refractivity contribution in [2.75, 3.05) is 52.5 Å². The number of aromatic nitrogens is 4. The summed E-state index contributed by atoms with van der Waals surface area (Å²) in [6.45, 7) is 4.29. The summed E-state index contributed by atoms with van der Waals surface area (Å²) in [7, 11) is 3.26. The molecule has 38 heavy (non-hydrogen) atoms. The van der Waals surface area contributed by atoms with Crippen LogP contribution in [0.25, 0.3) is 16.7 Å². The molecule has 202 valence electrons. The lowest BCUT2D eigenvalue weighted by atomic mass is 10.0. The molecular weight excluding hydrogens is 486 g/mol. The summed E-state index contributed by atoms with van der Waals surface area (Å²) in [5, 5.41) is 12.1. The van der Waals surface area contributed by atoms with Gasteiger partial charge in [0, 0.05) is 44.9 Å². The standard InChI is InChI=1S/C28H35N5O5/c1-20-31-32-28-27(29-13-9-5-8-12-24(34)21-10-6-4-7-11-21)30-22-18-25(37-16-14-35-2)26(38-17-15-36-3)19-23(22)33(20)28/h4,6-7,10-11,18-19H,5,8-9,12-17H2,1-3H3,(H,29,30). The lowest BCUT2D eigenvalue weighted by Gasteiger charge is -2.15. The number of nitrogens with zero attached hydrogens (tertiary/aromatic N) is 4. The topological polar surface area (TPSA) is 109 Å². The highest BCUT2D eigenvalue weighted by Crippen LogP contribution is 2.34. The number of rotatable bonds is 16. The zero-order valence-electron chi connectivity index (χ0n) is 22.2. The molecule has 1 N–H and O–H groups in total. The summed E-state index contributed by atoms with van der Waals surface area (Å²) in [6.07, 6.45) is 3.22. The van der Waals surface area contributed by atoms with E-state index in [0.717, 1.165) is 41.7 Å². The van der Waals surface area contributed by atoms with Gasteiger partial charge in [-0.1, -0.05) is 36.8 Å². The van der Waals surface area contributed by atoms with Gasteiger partial charge in [-0.25, -0.2) is 4.98 Å². The highest BCUT2D eigenvalue weighted by atomic mass is 16.5. The second-order valence-electron chi connectivity index (χ2n) is 8.86. The van der Waals surface area contributed by atoms with Gasteiger partial charge in [-0.2, -0.15) is 0 Å². The fraction of sp³-hybridized carbons (Fsp3) is 0.429. The number of Topliss-reactive ketones (excluding diaryl/α,β-unsaturated/α-hetero) is 1. The normalized spacial score (nSPS) is 11.2. The number of carbonyl (C=O) groups excluding carboxylic acids is 1. The van der Waals surface area contributed by atoms with E-state index in [1.54, 1.807) is 14.2 Å². The molecule has 0 aliphatic carbocycles. The van der Waals surface area contributed by atoms with Gasteiger partial charge in [-0.3, -0.25) is 9.20 Å². The lowest BCUT2D eigenvalue weighted by Crippen LogP contribution is -2.10. The summed E-state index contributed by atoms with van der Waals surface area (Å²) in [4.78, 5) is 17.2. The van der Waals surface area contributed by atoms with E-state index in [4.69, 9.17) is 23.9 Å². The summed E-state index contributed by atoms with van der Waals surface area (Å²) < 4.78 is 24.1. The molecule has 0 spiro atoms. The summed E-state index contributed by atoms with van der Waals surface area (Å²) in [5.74, 6) is 2.74. The van der Waals surface area contributed by atoms with Crippen LogP contribution in [0.15, 0.2) is 42.5 Å². The smallest absolute Gasteiger partial charge is 0.204 e. The molecular formula is C28H35N5O5. The Bertz CT molecular complexity index is 1340. The van der Waals surface area contributed by atoms with E-state index in [2.05, 4.69) is 15.5 Å². The van der Waals surface area contributed by atoms with Gasteiger partial charge in [0.1, 0.15) is 19.0 Å². The minimum Gasteiger partial charge on any atom is -0.487 e. The van der Waals surface area contributed by atoms with Crippen LogP contribution < -0.4 is 14.8 Å². The van der Waals surface area contributed by atoms with Crippen molar-refractivity contribution in [3.63, 3.8) is 0 Å². The van der Waals surface area contributed by atoms with E-state index in [1.165, 1.54) is 0 Å². The van der Waals surface area contributed by atoms with Gasteiger partial charge in [0.05, 0.1) is 24.2 Å². The molecule has 4 rings (SSSR count). The maximum Gasteiger partial charge on any atom is 0.204 e. The molecule has 0 unspecified atom stereocenters. The molecule has 0 amide bonds. The van der Waals surface area contributed by atoms with Crippen molar-refractivity contribution in [1.82, 2.24) is 19.6 Å². The number of nitrogens with one attached hydrogen (secondary N) is 1. The maximum atomic E-state index is 12.3. The van der Waals surface area contributed by atoms with Crippen molar-refractivity contribution in [3.05, 3.63) is 53.9 Å². The molecule has 0 fully saturated rings. The molecule has 10 heteroatoms. The van der Waals surface area contributed by atoms with Crippen molar-refractivity contribution in [2.45, 2.75) is 32.6 Å². The molecule has 0 radical (unpaired) electrons. The first-order valence-corrected chi connectivity index (χ1v) is 12.9. The Morgan fingerprint density at radius 1 is 0.895 bits per heavy atom. The van der Waals surface area contributed by atoms with Crippen LogP contribution in [0.4, 0.5) is 5.82 Å². The number of aryl methyl sites for hydroxylation is 1. The zero-order chi connectivity index (χ0) is 26.7. The number of ether oxygens (including phenoxy) is 4. The third kappa shape index (κ3) is 6.76. The molecule has 0 atom stereocenters. The van der Waals surface area contributed by atoms with Gasteiger partial charge in [0.15, 0.2) is 23.1 Å². The number of fused-ring (bicyclic) bond motifs is 3. The quantitative estimate of drug-likeness (QED) is 0.168. The lowest BCUT2D eigenvalue weighted by molar-refractivity contribution is 0.0979. The second-order valence-corrected chi connectivity index (χ2v) is 8.86. The molecule has 0 saturated carbocycles. The third-order valence-corrected chi connectivity index (χ3v) is 6.11. The Morgan fingerprint density at radius 3 is 2.32 bits per heavy atom. The van der Waals surface area contributed by atoms with E-state index in [-0.39, 0.29) is 5.78 Å². The minimum atomic E-state index is 0.185. The predicted octanol–water partition coefficient (Wildman–Crippen LogP) is 4.49. The number of carbonyl (C=O) groups is 1. The van der Waals surface area contributed by atoms with Crippen LogP contribution in [0.1, 0.15) is 41.9 Å². The van der Waals surface area contributed by atoms with Crippen molar-refractivity contribution < 1.29 is 23.7 Å². The summed E-state index contributed by atoms with van der Waals surface area (Å²) >= 11 is 0. The van der Waals surface area contributed by atoms with E-state index in [1.807, 2.05) is 53.8 Å². The van der Waals surface area contributed by atoms with E-state index in [0.29, 0.717) is 62.4 Å². The van der Waals surface area contributed by atoms with E-state index in [9.17, 15) is 4.79 Å². The first-order valence-electron chi connectivity index (χ1n) is 12.9. The molecule has 2 heterocycles. The van der Waals surface area contributed by atoms with Crippen LogP contribution in [0.3, 0.4) is 0 Å². The number of hydrogen-bond acceptors (Lipinski definition) is 9. The summed E-state index contributed by atoms with van der Waals surface area (Å²) in [5.41, 5.74) is 2.96. The van der Waals surface area contributed by atoms with Gasteiger partial charge in [-0.15, -0.1) is 10.2 Å². The second kappa shape index (κ2) is 13.7. The fourth-order valence-corrected chi connectivity index (χ4v) is 4.16. The van der Waals surface area contributed by atoms with E-state index < -0.39 is 0 Å². The number of anilines is 1. The Balaban J connectivity index is 1.47. The number of benzene rings is 2. The number of unbranched alkanes of at least 4 members (excludes halogenated alkanes) is 2. The van der Waals surface area contributed by atoms with Crippen molar-refractivity contribution >= 4 is 28.3 Å². The molecule has 0 saturated heterocycles. The van der Waals surface area contributed by atoms with E-state index >= 15 is 0 Å². The Morgan fingerprint density at radius 2 is 1.61 bits per heavy atom. The number of hydrogen-bond donors (Lipinski definition) is 1. The van der Waals surface area contributed by atoms with Crippen LogP contribution in [0, 0.1) is 6.92 Å². The van der Waals surface area contributed by atoms with Gasteiger partial charge < -0.3 is 24.3 Å². The Labute approximate surface area is 222 Å². The fourth-order valence-electron chi connectivity index (χ4n) is 4.16. The Hall–Kier alpha value is -3.76. The first-order chi connectivity index (χ1) is 18.6. The van der Waals surface area contributed by atoms with Crippen molar-refractivity contribution in [2.24, 2.45) is 0 Å². The monoisotopic (exact) mass is 521 g/mol. The van der Waals surface area contributed by atoms with Crippen LogP contribution in [-0.4, -0.2) is 72.6 Å². The molecule has 0 aliphatic heterocycles. The van der Waals surface area contributed by atoms with Gasteiger partial charge in [-0.05, 0) is 19.8 Å². The number of methoxy groups -OCH3 is 2. The average Bonchev–Trinajstić information content (AvgIpc) is 3.33. The Kier molecular flexibility index (Phi) is 9.83. The molecule has 10 nitrogen and oxygen atoms in total. The van der Waals surface area contributed by atoms with Gasteiger partial charge in [0.2, 0.25) is 5.65 Å². The maximum absolute atomic E-state index is 12.3. The predicted molar refractivity (Wildman–Crippen MR) is 145 cm³/mol. The highest BCUT2D eigenvalue weighted by Gasteiger charge is 2.17. The van der Waals surface area contributed by atoms with Crippen LogP contribution in [0.2, 0.25) is 0 Å². The number of ketones is 1. The molecule has 0 aliphatic rings. The minimum absolute atomic E-state index is 0.185.